The van der Waals surface area contributed by atoms with Crippen molar-refractivity contribution in [3.8, 4) is 0 Å². The van der Waals surface area contributed by atoms with Crippen molar-refractivity contribution in [2.75, 3.05) is 19.6 Å². The van der Waals surface area contributed by atoms with Gasteiger partial charge in [-0.25, -0.2) is 0 Å². The SMILES string of the molecule is CC1CN(Cc2ccccn2)CCC1NCC(C)(O)c1ccsc1. The Hall–Kier alpha value is -1.27. The smallest absolute Gasteiger partial charge is 0.1000 e. The molecule has 2 aromatic rings. The van der Waals surface area contributed by atoms with Crippen molar-refractivity contribution >= 4 is 11.3 Å². The zero-order valence-corrected chi connectivity index (χ0v) is 15.3. The van der Waals surface area contributed by atoms with E-state index in [0.29, 0.717) is 18.5 Å². The molecule has 2 N–H and O–H groups in total. The van der Waals surface area contributed by atoms with Gasteiger partial charge in [0.1, 0.15) is 0 Å². The lowest BCUT2D eigenvalue weighted by Gasteiger charge is -2.38. The third kappa shape index (κ3) is 4.42. The van der Waals surface area contributed by atoms with E-state index in [1.165, 1.54) is 0 Å². The van der Waals surface area contributed by atoms with Crippen LogP contribution in [0.4, 0.5) is 0 Å². The van der Waals surface area contributed by atoms with Gasteiger partial charge in [-0.1, -0.05) is 13.0 Å². The monoisotopic (exact) mass is 345 g/mol. The zero-order chi connectivity index (χ0) is 17.0. The van der Waals surface area contributed by atoms with E-state index in [-0.39, 0.29) is 0 Å². The number of aliphatic hydroxyl groups is 1. The number of nitrogens with zero attached hydrogens (tertiary/aromatic N) is 2. The Morgan fingerprint density at radius 2 is 2.29 bits per heavy atom. The molecule has 0 aliphatic carbocycles. The summed E-state index contributed by atoms with van der Waals surface area (Å²) in [7, 11) is 0. The van der Waals surface area contributed by atoms with Crippen molar-refractivity contribution in [2.45, 2.75) is 38.5 Å². The number of aromatic nitrogens is 1. The van der Waals surface area contributed by atoms with E-state index >= 15 is 0 Å². The standard InChI is InChI=1S/C19H27N3OS/c1-15-11-22(12-17-5-3-4-8-20-17)9-6-18(15)21-14-19(2,23)16-7-10-24-13-16/h3-5,7-8,10,13,15,18,21,23H,6,9,11-12,14H2,1-2H3. The summed E-state index contributed by atoms with van der Waals surface area (Å²) >= 11 is 1.63. The van der Waals surface area contributed by atoms with Gasteiger partial charge in [0.15, 0.2) is 0 Å². The number of hydrogen-bond acceptors (Lipinski definition) is 5. The second-order valence-electron chi connectivity index (χ2n) is 7.10. The molecule has 0 amide bonds. The van der Waals surface area contributed by atoms with E-state index in [9.17, 15) is 5.11 Å². The van der Waals surface area contributed by atoms with E-state index in [0.717, 1.165) is 37.3 Å². The first-order valence-corrected chi connectivity index (χ1v) is 9.59. The normalized spacial score (nSPS) is 24.6. The molecule has 0 aromatic carbocycles. The lowest BCUT2D eigenvalue weighted by atomic mass is 9.92. The van der Waals surface area contributed by atoms with Gasteiger partial charge in [-0.3, -0.25) is 9.88 Å². The van der Waals surface area contributed by atoms with Crippen LogP contribution >= 0.6 is 11.3 Å². The molecule has 3 heterocycles. The average Bonchev–Trinajstić information content (AvgIpc) is 3.10. The molecule has 24 heavy (non-hydrogen) atoms. The highest BCUT2D eigenvalue weighted by atomic mass is 32.1. The van der Waals surface area contributed by atoms with Crippen molar-refractivity contribution in [1.82, 2.24) is 15.2 Å². The van der Waals surface area contributed by atoms with Gasteiger partial charge in [0.2, 0.25) is 0 Å². The van der Waals surface area contributed by atoms with Gasteiger partial charge in [0, 0.05) is 38.4 Å². The predicted molar refractivity (Wildman–Crippen MR) is 99.0 cm³/mol. The number of piperidine rings is 1. The maximum Gasteiger partial charge on any atom is 0.1000 e. The van der Waals surface area contributed by atoms with Crippen LogP contribution in [0.15, 0.2) is 41.2 Å². The van der Waals surface area contributed by atoms with Crippen molar-refractivity contribution in [3.05, 3.63) is 52.5 Å². The van der Waals surface area contributed by atoms with Gasteiger partial charge in [-0.15, -0.1) is 0 Å². The lowest BCUT2D eigenvalue weighted by Crippen LogP contribution is -2.50. The molecular weight excluding hydrogens is 318 g/mol. The van der Waals surface area contributed by atoms with Crippen LogP contribution in [0.1, 0.15) is 31.5 Å². The molecule has 2 aromatic heterocycles. The fourth-order valence-corrected chi connectivity index (χ4v) is 4.19. The van der Waals surface area contributed by atoms with Gasteiger partial charge < -0.3 is 10.4 Å². The van der Waals surface area contributed by atoms with Crippen LogP contribution in [-0.2, 0) is 12.1 Å². The Bertz CT molecular complexity index is 615. The van der Waals surface area contributed by atoms with Crippen LogP contribution in [0.25, 0.3) is 0 Å². The Morgan fingerprint density at radius 3 is 2.96 bits per heavy atom. The quantitative estimate of drug-likeness (QED) is 0.845. The molecule has 1 saturated heterocycles. The molecule has 3 rings (SSSR count). The average molecular weight is 346 g/mol. The molecule has 3 atom stereocenters. The van der Waals surface area contributed by atoms with Crippen LogP contribution in [0.5, 0.6) is 0 Å². The Kier molecular flexibility index (Phi) is 5.66. The number of likely N-dealkylation sites (tertiary alicyclic amines) is 1. The Labute approximate surface area is 148 Å². The minimum Gasteiger partial charge on any atom is -0.384 e. The number of hydrogen-bond donors (Lipinski definition) is 2. The highest BCUT2D eigenvalue weighted by molar-refractivity contribution is 7.08. The largest absolute Gasteiger partial charge is 0.384 e. The first-order chi connectivity index (χ1) is 11.5. The third-order valence-corrected chi connectivity index (χ3v) is 5.64. The van der Waals surface area contributed by atoms with Crippen molar-refractivity contribution in [1.29, 1.82) is 0 Å². The second kappa shape index (κ2) is 7.74. The maximum absolute atomic E-state index is 10.7. The first-order valence-electron chi connectivity index (χ1n) is 8.65. The van der Waals surface area contributed by atoms with Gasteiger partial charge in [-0.2, -0.15) is 11.3 Å². The second-order valence-corrected chi connectivity index (χ2v) is 7.88. The van der Waals surface area contributed by atoms with Crippen LogP contribution in [-0.4, -0.2) is 40.7 Å². The highest BCUT2D eigenvalue weighted by Gasteiger charge is 2.29. The highest BCUT2D eigenvalue weighted by Crippen LogP contribution is 2.24. The Balaban J connectivity index is 1.49. The van der Waals surface area contributed by atoms with E-state index < -0.39 is 5.60 Å². The molecule has 0 spiro atoms. The summed E-state index contributed by atoms with van der Waals surface area (Å²) in [4.78, 5) is 6.90. The van der Waals surface area contributed by atoms with Crippen LogP contribution in [0.2, 0.25) is 0 Å². The minimum atomic E-state index is -0.801. The molecule has 1 fully saturated rings. The van der Waals surface area contributed by atoms with E-state index in [1.807, 2.05) is 42.1 Å². The summed E-state index contributed by atoms with van der Waals surface area (Å²) in [5.41, 5.74) is 1.34. The lowest BCUT2D eigenvalue weighted by molar-refractivity contribution is 0.0449. The number of thiophene rings is 1. The fourth-order valence-electron chi connectivity index (χ4n) is 3.40. The van der Waals surface area contributed by atoms with E-state index in [4.69, 9.17) is 0 Å². The van der Waals surface area contributed by atoms with Crippen molar-refractivity contribution < 1.29 is 5.11 Å². The van der Waals surface area contributed by atoms with Gasteiger partial charge in [0.25, 0.3) is 0 Å². The van der Waals surface area contributed by atoms with Gasteiger partial charge >= 0.3 is 0 Å². The minimum absolute atomic E-state index is 0.454. The summed E-state index contributed by atoms with van der Waals surface area (Å²) in [5, 5.41) is 18.3. The predicted octanol–water partition coefficient (Wildman–Crippen LogP) is 2.85. The molecule has 3 unspecified atom stereocenters. The molecule has 5 heteroatoms. The molecular formula is C19H27N3OS. The maximum atomic E-state index is 10.7. The summed E-state index contributed by atoms with van der Waals surface area (Å²) < 4.78 is 0. The molecule has 0 saturated carbocycles. The molecule has 0 radical (unpaired) electrons. The van der Waals surface area contributed by atoms with Crippen LogP contribution in [0.3, 0.4) is 0 Å². The topological polar surface area (TPSA) is 48.4 Å². The molecule has 1 aliphatic rings. The van der Waals surface area contributed by atoms with Gasteiger partial charge in [0.05, 0.1) is 11.3 Å². The van der Waals surface area contributed by atoms with E-state index in [1.54, 1.807) is 11.3 Å². The molecule has 130 valence electrons. The van der Waals surface area contributed by atoms with Gasteiger partial charge in [-0.05, 0) is 53.8 Å². The van der Waals surface area contributed by atoms with Crippen molar-refractivity contribution in [3.63, 3.8) is 0 Å². The Morgan fingerprint density at radius 1 is 1.42 bits per heavy atom. The molecule has 4 nitrogen and oxygen atoms in total. The molecule has 1 aliphatic heterocycles. The summed E-state index contributed by atoms with van der Waals surface area (Å²) in [6.45, 7) is 7.84. The number of rotatable bonds is 6. The van der Waals surface area contributed by atoms with Crippen LogP contribution in [0, 0.1) is 5.92 Å². The number of pyridine rings is 1. The summed E-state index contributed by atoms with van der Waals surface area (Å²) in [6, 6.07) is 8.56. The summed E-state index contributed by atoms with van der Waals surface area (Å²) in [6.07, 6.45) is 2.97. The van der Waals surface area contributed by atoms with Crippen molar-refractivity contribution in [2.24, 2.45) is 5.92 Å². The first kappa shape index (κ1) is 17.5. The number of nitrogens with one attached hydrogen (secondary N) is 1. The summed E-state index contributed by atoms with van der Waals surface area (Å²) in [5.74, 6) is 0.556. The van der Waals surface area contributed by atoms with Crippen LogP contribution < -0.4 is 5.32 Å². The molecule has 0 bridgehead atoms. The fraction of sp³-hybridized carbons (Fsp3) is 0.526. The third-order valence-electron chi connectivity index (χ3n) is 4.95. The zero-order valence-electron chi connectivity index (χ0n) is 14.5. The van der Waals surface area contributed by atoms with E-state index in [2.05, 4.69) is 28.2 Å².